The molecule has 0 radical (unpaired) electrons. The Bertz CT molecular complexity index is 818. The standard InChI is InChI=1S/C21H27FN4O/c1-25(21(27)20-17-9-3-5-11-19(17)23-24-20)16-8-6-12-26(14-16)13-15-7-2-4-10-18(15)22/h2,4,7,10,16H,3,5-6,8-9,11-14H2,1H3,(H,23,24). The molecule has 1 aromatic heterocycles. The van der Waals surface area contributed by atoms with Gasteiger partial charge in [0.15, 0.2) is 5.69 Å². The summed E-state index contributed by atoms with van der Waals surface area (Å²) in [5, 5.41) is 7.40. The van der Waals surface area contributed by atoms with Crippen LogP contribution >= 0.6 is 0 Å². The Balaban J connectivity index is 1.44. The van der Waals surface area contributed by atoms with Crippen molar-refractivity contribution in [1.29, 1.82) is 0 Å². The molecule has 1 aromatic carbocycles. The van der Waals surface area contributed by atoms with Crippen molar-refractivity contribution in [3.8, 4) is 0 Å². The Morgan fingerprint density at radius 3 is 2.96 bits per heavy atom. The van der Waals surface area contributed by atoms with E-state index in [4.69, 9.17) is 0 Å². The molecule has 1 fully saturated rings. The lowest BCUT2D eigenvalue weighted by Gasteiger charge is -2.37. The average Bonchev–Trinajstić information content (AvgIpc) is 3.13. The van der Waals surface area contributed by atoms with E-state index >= 15 is 0 Å². The lowest BCUT2D eigenvalue weighted by Crippen LogP contribution is -2.48. The highest BCUT2D eigenvalue weighted by molar-refractivity contribution is 5.94. The molecule has 1 unspecified atom stereocenters. The summed E-state index contributed by atoms with van der Waals surface area (Å²) >= 11 is 0. The maximum Gasteiger partial charge on any atom is 0.274 e. The van der Waals surface area contributed by atoms with Crippen molar-refractivity contribution in [1.82, 2.24) is 20.0 Å². The first-order chi connectivity index (χ1) is 13.1. The summed E-state index contributed by atoms with van der Waals surface area (Å²) in [6.07, 6.45) is 6.19. The van der Waals surface area contributed by atoms with Crippen LogP contribution in [0.3, 0.4) is 0 Å². The summed E-state index contributed by atoms with van der Waals surface area (Å²) in [4.78, 5) is 17.2. The number of likely N-dealkylation sites (tertiary alicyclic amines) is 1. The number of nitrogens with zero attached hydrogens (tertiary/aromatic N) is 3. The van der Waals surface area contributed by atoms with E-state index in [1.807, 2.05) is 24.1 Å². The van der Waals surface area contributed by atoms with E-state index in [1.54, 1.807) is 6.07 Å². The highest BCUT2D eigenvalue weighted by atomic mass is 19.1. The Hall–Kier alpha value is -2.21. The van der Waals surface area contributed by atoms with Crippen LogP contribution in [0.5, 0.6) is 0 Å². The van der Waals surface area contributed by atoms with Crippen molar-refractivity contribution in [3.63, 3.8) is 0 Å². The van der Waals surface area contributed by atoms with Gasteiger partial charge in [0, 0.05) is 43.0 Å². The van der Waals surface area contributed by atoms with Crippen LogP contribution < -0.4 is 0 Å². The van der Waals surface area contributed by atoms with Gasteiger partial charge in [0.1, 0.15) is 5.82 Å². The largest absolute Gasteiger partial charge is 0.336 e. The normalized spacial score (nSPS) is 20.3. The number of halogens is 1. The van der Waals surface area contributed by atoms with Crippen molar-refractivity contribution in [2.45, 2.75) is 51.1 Å². The van der Waals surface area contributed by atoms with Gasteiger partial charge in [-0.05, 0) is 51.1 Å². The van der Waals surface area contributed by atoms with E-state index in [1.165, 1.54) is 6.07 Å². The van der Waals surface area contributed by atoms with Crippen molar-refractivity contribution >= 4 is 5.91 Å². The number of hydrogen-bond donors (Lipinski definition) is 1. The highest BCUT2D eigenvalue weighted by Crippen LogP contribution is 2.25. The third-order valence-corrected chi connectivity index (χ3v) is 5.96. The van der Waals surface area contributed by atoms with Crippen LogP contribution in [-0.4, -0.2) is 52.1 Å². The van der Waals surface area contributed by atoms with E-state index < -0.39 is 0 Å². The minimum Gasteiger partial charge on any atom is -0.336 e. The third kappa shape index (κ3) is 3.76. The van der Waals surface area contributed by atoms with Gasteiger partial charge in [0.25, 0.3) is 5.91 Å². The predicted molar refractivity (Wildman–Crippen MR) is 102 cm³/mol. The van der Waals surface area contributed by atoms with Crippen LogP contribution in [0.15, 0.2) is 24.3 Å². The number of H-pyrrole nitrogens is 1. The number of nitrogens with one attached hydrogen (secondary N) is 1. The van der Waals surface area contributed by atoms with Gasteiger partial charge >= 0.3 is 0 Å². The van der Waals surface area contributed by atoms with Crippen LogP contribution in [0.1, 0.15) is 53.0 Å². The van der Waals surface area contributed by atoms with E-state index in [9.17, 15) is 9.18 Å². The minimum atomic E-state index is -0.160. The molecule has 1 atom stereocenters. The van der Waals surface area contributed by atoms with Crippen molar-refractivity contribution in [2.24, 2.45) is 0 Å². The first-order valence-corrected chi connectivity index (χ1v) is 9.92. The Labute approximate surface area is 159 Å². The summed E-state index contributed by atoms with van der Waals surface area (Å²) in [5.74, 6) is -0.153. The van der Waals surface area contributed by atoms with Gasteiger partial charge in [-0.25, -0.2) is 4.39 Å². The molecule has 27 heavy (non-hydrogen) atoms. The minimum absolute atomic E-state index is 0.00661. The summed E-state index contributed by atoms with van der Waals surface area (Å²) in [6.45, 7) is 2.29. The Kier molecular flexibility index (Phi) is 5.25. The number of piperidine rings is 1. The molecule has 0 spiro atoms. The molecule has 2 aromatic rings. The smallest absolute Gasteiger partial charge is 0.274 e. The molecule has 1 N–H and O–H groups in total. The molecule has 4 rings (SSSR count). The number of amides is 1. The maximum atomic E-state index is 14.0. The maximum absolute atomic E-state index is 14.0. The zero-order chi connectivity index (χ0) is 18.8. The number of likely N-dealkylation sites (N-methyl/N-ethyl adjacent to an activating group) is 1. The van der Waals surface area contributed by atoms with Gasteiger partial charge in [-0.1, -0.05) is 18.2 Å². The molecule has 1 amide bonds. The second kappa shape index (κ2) is 7.80. The fourth-order valence-corrected chi connectivity index (χ4v) is 4.35. The third-order valence-electron chi connectivity index (χ3n) is 5.96. The molecule has 1 aliphatic carbocycles. The SMILES string of the molecule is CN(C(=O)c1n[nH]c2c1CCCC2)C1CCCN(Cc2ccccc2F)C1. The van der Waals surface area contributed by atoms with Gasteiger partial charge in [0.2, 0.25) is 0 Å². The predicted octanol–water partition coefficient (Wildman–Crippen LogP) is 3.16. The number of aromatic amines is 1. The molecular formula is C21H27FN4O. The van der Waals surface area contributed by atoms with E-state index in [-0.39, 0.29) is 17.8 Å². The number of rotatable bonds is 4. The van der Waals surface area contributed by atoms with Crippen LogP contribution in [0.25, 0.3) is 0 Å². The Morgan fingerprint density at radius 1 is 1.30 bits per heavy atom. The molecule has 1 aliphatic heterocycles. The lowest BCUT2D eigenvalue weighted by molar-refractivity contribution is 0.0601. The van der Waals surface area contributed by atoms with Gasteiger partial charge in [-0.3, -0.25) is 14.8 Å². The van der Waals surface area contributed by atoms with Crippen molar-refractivity contribution in [3.05, 3.63) is 52.6 Å². The van der Waals surface area contributed by atoms with Gasteiger partial charge in [-0.2, -0.15) is 5.10 Å². The quantitative estimate of drug-likeness (QED) is 0.899. The van der Waals surface area contributed by atoms with Gasteiger partial charge < -0.3 is 4.90 Å². The van der Waals surface area contributed by atoms with E-state index in [0.717, 1.165) is 62.9 Å². The average molecular weight is 370 g/mol. The van der Waals surface area contributed by atoms with Crippen molar-refractivity contribution < 1.29 is 9.18 Å². The number of carbonyl (C=O) groups is 1. The summed E-state index contributed by atoms with van der Waals surface area (Å²) in [5.41, 5.74) is 3.55. The summed E-state index contributed by atoms with van der Waals surface area (Å²) in [6, 6.07) is 7.07. The van der Waals surface area contributed by atoms with Crippen LogP contribution in [0, 0.1) is 5.82 Å². The number of benzene rings is 1. The molecular weight excluding hydrogens is 343 g/mol. The molecule has 0 bridgehead atoms. The Morgan fingerprint density at radius 2 is 2.11 bits per heavy atom. The molecule has 5 nitrogen and oxygen atoms in total. The molecule has 0 saturated carbocycles. The molecule has 1 saturated heterocycles. The molecule has 6 heteroatoms. The zero-order valence-corrected chi connectivity index (χ0v) is 15.9. The number of aryl methyl sites for hydroxylation is 1. The van der Waals surface area contributed by atoms with Crippen LogP contribution in [0.4, 0.5) is 4.39 Å². The first kappa shape index (κ1) is 18.2. The number of hydrogen-bond acceptors (Lipinski definition) is 3. The zero-order valence-electron chi connectivity index (χ0n) is 15.9. The van der Waals surface area contributed by atoms with E-state index in [0.29, 0.717) is 17.8 Å². The summed E-state index contributed by atoms with van der Waals surface area (Å²) in [7, 11) is 1.88. The molecule has 2 heterocycles. The fraction of sp³-hybridized carbons (Fsp3) is 0.524. The molecule has 144 valence electrons. The van der Waals surface area contributed by atoms with Crippen molar-refractivity contribution in [2.75, 3.05) is 20.1 Å². The fourth-order valence-electron chi connectivity index (χ4n) is 4.35. The highest BCUT2D eigenvalue weighted by Gasteiger charge is 2.30. The first-order valence-electron chi connectivity index (χ1n) is 9.92. The second-order valence-electron chi connectivity index (χ2n) is 7.78. The lowest BCUT2D eigenvalue weighted by atomic mass is 9.95. The van der Waals surface area contributed by atoms with Gasteiger partial charge in [0.05, 0.1) is 0 Å². The number of aromatic nitrogens is 2. The van der Waals surface area contributed by atoms with Gasteiger partial charge in [-0.15, -0.1) is 0 Å². The van der Waals surface area contributed by atoms with Crippen LogP contribution in [-0.2, 0) is 19.4 Å². The molecule has 2 aliphatic rings. The monoisotopic (exact) mass is 370 g/mol. The second-order valence-corrected chi connectivity index (χ2v) is 7.78. The summed E-state index contributed by atoms with van der Waals surface area (Å²) < 4.78 is 14.0. The topological polar surface area (TPSA) is 52.2 Å². The van der Waals surface area contributed by atoms with E-state index in [2.05, 4.69) is 15.1 Å². The van der Waals surface area contributed by atoms with Crippen LogP contribution in [0.2, 0.25) is 0 Å². The number of carbonyl (C=O) groups excluding carboxylic acids is 1. The number of fused-ring (bicyclic) bond motifs is 1.